The molecular weight excluding hydrogens is 200 g/mol. The summed E-state index contributed by atoms with van der Waals surface area (Å²) in [7, 11) is 1.35. The Morgan fingerprint density at radius 1 is 1.38 bits per heavy atom. The van der Waals surface area contributed by atoms with Gasteiger partial charge in [-0.25, -0.2) is 4.79 Å². The zero-order valence-corrected chi connectivity index (χ0v) is 9.70. The average molecular weight is 214 g/mol. The molecule has 16 heavy (non-hydrogen) atoms. The highest BCUT2D eigenvalue weighted by atomic mass is 16.5. The van der Waals surface area contributed by atoms with E-state index in [-0.39, 0.29) is 5.97 Å². The Hall–Kier alpha value is -2.01. The van der Waals surface area contributed by atoms with Gasteiger partial charge in [0.25, 0.3) is 0 Å². The minimum atomic E-state index is -0.361. The molecule has 0 bridgehead atoms. The van der Waals surface area contributed by atoms with Gasteiger partial charge in [-0.2, -0.15) is 0 Å². The lowest BCUT2D eigenvalue weighted by atomic mass is 9.99. The summed E-state index contributed by atoms with van der Waals surface area (Å²) in [6, 6.07) is 3.84. The van der Waals surface area contributed by atoms with E-state index >= 15 is 0 Å². The van der Waals surface area contributed by atoms with Gasteiger partial charge in [0, 0.05) is 11.6 Å². The van der Waals surface area contributed by atoms with Gasteiger partial charge in [0.1, 0.15) is 0 Å². The molecule has 0 aromatic heterocycles. The number of hydrogen-bond donors (Lipinski definition) is 0. The standard InChI is InChI=1S/C14H14O2/c1-5-12-8-10(2)13(11(3)9-12)6-7-14(15)16-4/h1,6-9H,2-4H3/b7-6+. The summed E-state index contributed by atoms with van der Waals surface area (Å²) >= 11 is 0. The summed E-state index contributed by atoms with van der Waals surface area (Å²) in [5.41, 5.74) is 3.95. The predicted octanol–water partition coefficient (Wildman–Crippen LogP) is 2.47. The molecule has 2 nitrogen and oxygen atoms in total. The number of aryl methyl sites for hydroxylation is 2. The van der Waals surface area contributed by atoms with Crippen molar-refractivity contribution < 1.29 is 9.53 Å². The van der Waals surface area contributed by atoms with Crippen LogP contribution in [0.5, 0.6) is 0 Å². The van der Waals surface area contributed by atoms with E-state index < -0.39 is 0 Å². The van der Waals surface area contributed by atoms with Gasteiger partial charge in [0.05, 0.1) is 7.11 Å². The van der Waals surface area contributed by atoms with E-state index in [2.05, 4.69) is 10.7 Å². The number of hydrogen-bond acceptors (Lipinski definition) is 2. The van der Waals surface area contributed by atoms with Crippen LogP contribution in [0.1, 0.15) is 22.3 Å². The number of carbonyl (C=O) groups is 1. The van der Waals surface area contributed by atoms with Gasteiger partial charge in [-0.1, -0.05) is 5.92 Å². The number of rotatable bonds is 2. The molecule has 0 saturated carbocycles. The van der Waals surface area contributed by atoms with E-state index in [1.165, 1.54) is 13.2 Å². The maximum absolute atomic E-state index is 11.0. The molecule has 0 radical (unpaired) electrons. The fourth-order valence-electron chi connectivity index (χ4n) is 1.54. The molecule has 1 aromatic carbocycles. The SMILES string of the molecule is C#Cc1cc(C)c(/C=C/C(=O)OC)c(C)c1. The van der Waals surface area contributed by atoms with Crippen LogP contribution in [0, 0.1) is 26.2 Å². The van der Waals surface area contributed by atoms with Crippen molar-refractivity contribution in [2.75, 3.05) is 7.11 Å². The van der Waals surface area contributed by atoms with E-state index in [0.717, 1.165) is 22.3 Å². The van der Waals surface area contributed by atoms with Crippen molar-refractivity contribution in [3.63, 3.8) is 0 Å². The summed E-state index contributed by atoms with van der Waals surface area (Å²) < 4.78 is 4.54. The molecule has 0 aliphatic carbocycles. The molecule has 0 N–H and O–H groups in total. The van der Waals surface area contributed by atoms with E-state index in [4.69, 9.17) is 6.42 Å². The van der Waals surface area contributed by atoms with Crippen molar-refractivity contribution in [1.29, 1.82) is 0 Å². The van der Waals surface area contributed by atoms with Crippen LogP contribution < -0.4 is 0 Å². The second kappa shape index (κ2) is 5.18. The summed E-state index contributed by atoms with van der Waals surface area (Å²) in [6.45, 7) is 3.93. The zero-order valence-electron chi connectivity index (χ0n) is 9.70. The first-order chi connectivity index (χ1) is 7.58. The highest BCUT2D eigenvalue weighted by Gasteiger charge is 2.02. The molecule has 0 aliphatic rings. The Morgan fingerprint density at radius 3 is 2.38 bits per heavy atom. The van der Waals surface area contributed by atoms with Crippen LogP contribution in [0.4, 0.5) is 0 Å². The Bertz CT molecular complexity index is 453. The van der Waals surface area contributed by atoms with Crippen molar-refractivity contribution in [1.82, 2.24) is 0 Å². The van der Waals surface area contributed by atoms with Gasteiger partial charge in [-0.15, -0.1) is 6.42 Å². The first kappa shape index (κ1) is 12.1. The van der Waals surface area contributed by atoms with Gasteiger partial charge in [-0.3, -0.25) is 0 Å². The third kappa shape index (κ3) is 2.74. The molecule has 2 heteroatoms. The van der Waals surface area contributed by atoms with Crippen LogP contribution in [0.15, 0.2) is 18.2 Å². The van der Waals surface area contributed by atoms with Crippen LogP contribution in [0.2, 0.25) is 0 Å². The Morgan fingerprint density at radius 2 is 1.94 bits per heavy atom. The quantitative estimate of drug-likeness (QED) is 0.429. The van der Waals surface area contributed by atoms with Gasteiger partial charge in [0.15, 0.2) is 0 Å². The predicted molar refractivity (Wildman–Crippen MR) is 64.9 cm³/mol. The summed E-state index contributed by atoms with van der Waals surface area (Å²) in [5.74, 6) is 2.23. The van der Waals surface area contributed by atoms with Crippen LogP contribution in [-0.4, -0.2) is 13.1 Å². The molecule has 82 valence electrons. The number of terminal acetylenes is 1. The Labute approximate surface area is 95.9 Å². The summed E-state index contributed by atoms with van der Waals surface area (Å²) in [6.07, 6.45) is 8.49. The summed E-state index contributed by atoms with van der Waals surface area (Å²) in [4.78, 5) is 11.0. The number of esters is 1. The van der Waals surface area contributed by atoms with Crippen molar-refractivity contribution in [3.05, 3.63) is 40.5 Å². The van der Waals surface area contributed by atoms with Crippen LogP contribution >= 0.6 is 0 Å². The third-order valence-corrected chi connectivity index (χ3v) is 2.35. The van der Waals surface area contributed by atoms with E-state index in [0.29, 0.717) is 0 Å². The Balaban J connectivity index is 3.12. The topological polar surface area (TPSA) is 26.3 Å². The van der Waals surface area contributed by atoms with Gasteiger partial charge < -0.3 is 4.74 Å². The normalized spacial score (nSPS) is 10.1. The van der Waals surface area contributed by atoms with E-state index in [1.807, 2.05) is 26.0 Å². The lowest BCUT2D eigenvalue weighted by molar-refractivity contribution is -0.134. The first-order valence-electron chi connectivity index (χ1n) is 4.92. The minimum absolute atomic E-state index is 0.361. The number of methoxy groups -OCH3 is 1. The number of carbonyl (C=O) groups excluding carboxylic acids is 1. The largest absolute Gasteiger partial charge is 0.466 e. The molecule has 1 aromatic rings. The maximum Gasteiger partial charge on any atom is 0.330 e. The van der Waals surface area contributed by atoms with Crippen molar-refractivity contribution in [3.8, 4) is 12.3 Å². The second-order valence-electron chi connectivity index (χ2n) is 3.52. The van der Waals surface area contributed by atoms with Gasteiger partial charge >= 0.3 is 5.97 Å². The maximum atomic E-state index is 11.0. The minimum Gasteiger partial charge on any atom is -0.466 e. The van der Waals surface area contributed by atoms with Crippen LogP contribution in [-0.2, 0) is 9.53 Å². The molecule has 0 aliphatic heterocycles. The van der Waals surface area contributed by atoms with Crippen molar-refractivity contribution >= 4 is 12.0 Å². The second-order valence-corrected chi connectivity index (χ2v) is 3.52. The monoisotopic (exact) mass is 214 g/mol. The van der Waals surface area contributed by atoms with E-state index in [1.54, 1.807) is 6.08 Å². The average Bonchev–Trinajstić information content (AvgIpc) is 2.27. The highest BCUT2D eigenvalue weighted by molar-refractivity contribution is 5.87. The number of benzene rings is 1. The lowest BCUT2D eigenvalue weighted by Gasteiger charge is -2.06. The lowest BCUT2D eigenvalue weighted by Crippen LogP contribution is -1.95. The molecule has 0 heterocycles. The molecule has 0 unspecified atom stereocenters. The fourth-order valence-corrected chi connectivity index (χ4v) is 1.54. The number of ether oxygens (including phenoxy) is 1. The molecule has 0 fully saturated rings. The highest BCUT2D eigenvalue weighted by Crippen LogP contribution is 2.17. The molecular formula is C14H14O2. The van der Waals surface area contributed by atoms with Crippen molar-refractivity contribution in [2.24, 2.45) is 0 Å². The van der Waals surface area contributed by atoms with Crippen LogP contribution in [0.25, 0.3) is 6.08 Å². The van der Waals surface area contributed by atoms with Crippen molar-refractivity contribution in [2.45, 2.75) is 13.8 Å². The first-order valence-corrected chi connectivity index (χ1v) is 4.92. The fraction of sp³-hybridized carbons (Fsp3) is 0.214. The third-order valence-electron chi connectivity index (χ3n) is 2.35. The smallest absolute Gasteiger partial charge is 0.330 e. The van der Waals surface area contributed by atoms with Gasteiger partial charge in [-0.05, 0) is 48.7 Å². The van der Waals surface area contributed by atoms with Gasteiger partial charge in [0.2, 0.25) is 0 Å². The molecule has 0 amide bonds. The molecule has 1 rings (SSSR count). The van der Waals surface area contributed by atoms with Crippen LogP contribution in [0.3, 0.4) is 0 Å². The Kier molecular flexibility index (Phi) is 3.90. The molecule has 0 spiro atoms. The zero-order chi connectivity index (χ0) is 12.1. The molecule has 0 atom stereocenters. The molecule has 0 saturated heterocycles. The summed E-state index contributed by atoms with van der Waals surface area (Å²) in [5, 5.41) is 0. The van der Waals surface area contributed by atoms with E-state index in [9.17, 15) is 4.79 Å².